The summed E-state index contributed by atoms with van der Waals surface area (Å²) in [6, 6.07) is 12.4. The van der Waals surface area contributed by atoms with E-state index in [-0.39, 0.29) is 11.2 Å². The lowest BCUT2D eigenvalue weighted by Gasteiger charge is -2.47. The van der Waals surface area contributed by atoms with Crippen molar-refractivity contribution in [3.05, 3.63) is 57.6 Å². The van der Waals surface area contributed by atoms with Crippen LogP contribution in [0.4, 0.5) is 11.4 Å². The van der Waals surface area contributed by atoms with E-state index in [4.69, 9.17) is 23.2 Å². The van der Waals surface area contributed by atoms with Crippen LogP contribution in [0.1, 0.15) is 56.6 Å². The quantitative estimate of drug-likeness (QED) is 0.585. The van der Waals surface area contributed by atoms with Crippen molar-refractivity contribution in [3.63, 3.8) is 0 Å². The number of fused-ring (bicyclic) bond motifs is 4. The fourth-order valence-electron chi connectivity index (χ4n) is 4.73. The number of Topliss-reactive ketones (excluding diaryl/α,β-unsaturated/α-hetero) is 1. The van der Waals surface area contributed by atoms with E-state index in [0.29, 0.717) is 13.0 Å². The molecule has 1 spiro atoms. The maximum Gasteiger partial charge on any atom is 0.131 e. The Morgan fingerprint density at radius 3 is 2.00 bits per heavy atom. The van der Waals surface area contributed by atoms with E-state index in [2.05, 4.69) is 29.2 Å². The molecule has 4 heteroatoms. The summed E-state index contributed by atoms with van der Waals surface area (Å²) >= 11 is 12.8. The molecule has 2 nitrogen and oxygen atoms in total. The van der Waals surface area contributed by atoms with E-state index in [1.54, 1.807) is 6.92 Å². The molecule has 0 aromatic heterocycles. The molecule has 0 unspecified atom stereocenters. The molecule has 1 aliphatic heterocycles. The van der Waals surface area contributed by atoms with Gasteiger partial charge >= 0.3 is 0 Å². The first kappa shape index (κ1) is 17.9. The van der Waals surface area contributed by atoms with Crippen molar-refractivity contribution in [1.29, 1.82) is 0 Å². The van der Waals surface area contributed by atoms with Crippen LogP contribution in [0.3, 0.4) is 0 Å². The van der Waals surface area contributed by atoms with E-state index in [9.17, 15) is 4.79 Å². The van der Waals surface area contributed by atoms with Gasteiger partial charge in [-0.25, -0.2) is 0 Å². The van der Waals surface area contributed by atoms with Crippen LogP contribution in [0.15, 0.2) is 36.4 Å². The lowest BCUT2D eigenvalue weighted by Crippen LogP contribution is -2.39. The van der Waals surface area contributed by atoms with Gasteiger partial charge < -0.3 is 4.90 Å². The van der Waals surface area contributed by atoms with E-state index in [0.717, 1.165) is 22.9 Å². The summed E-state index contributed by atoms with van der Waals surface area (Å²) in [5.41, 5.74) is 4.94. The molecule has 0 atom stereocenters. The molecule has 4 rings (SSSR count). The Labute approximate surface area is 165 Å². The van der Waals surface area contributed by atoms with Crippen molar-refractivity contribution in [3.8, 4) is 0 Å². The van der Waals surface area contributed by atoms with Crippen molar-refractivity contribution < 1.29 is 4.79 Å². The molecule has 0 amide bonds. The molecule has 2 aromatic rings. The third kappa shape index (κ3) is 2.93. The Morgan fingerprint density at radius 1 is 0.962 bits per heavy atom. The fourth-order valence-corrected chi connectivity index (χ4v) is 5.08. The minimum absolute atomic E-state index is 0.0224. The van der Waals surface area contributed by atoms with Crippen LogP contribution < -0.4 is 4.90 Å². The van der Waals surface area contributed by atoms with Crippen LogP contribution in [0.25, 0.3) is 0 Å². The maximum absolute atomic E-state index is 11.6. The van der Waals surface area contributed by atoms with Crippen molar-refractivity contribution in [1.82, 2.24) is 0 Å². The number of hydrogen-bond donors (Lipinski definition) is 0. The van der Waals surface area contributed by atoms with Gasteiger partial charge in [0.25, 0.3) is 0 Å². The Kier molecular flexibility index (Phi) is 4.75. The van der Waals surface area contributed by atoms with Gasteiger partial charge in [-0.05, 0) is 67.3 Å². The van der Waals surface area contributed by atoms with Gasteiger partial charge in [-0.2, -0.15) is 0 Å². The highest BCUT2D eigenvalue weighted by molar-refractivity contribution is 6.31. The monoisotopic (exact) mass is 387 g/mol. The van der Waals surface area contributed by atoms with Gasteiger partial charge in [-0.3, -0.25) is 4.79 Å². The molecule has 2 aromatic carbocycles. The molecular formula is C22H23Cl2NO. The lowest BCUT2D eigenvalue weighted by atomic mass is 9.63. The first-order valence-electron chi connectivity index (χ1n) is 9.38. The topological polar surface area (TPSA) is 20.3 Å². The highest BCUT2D eigenvalue weighted by Gasteiger charge is 2.44. The summed E-state index contributed by atoms with van der Waals surface area (Å²) in [4.78, 5) is 13.9. The number of nitrogens with zero attached hydrogens (tertiary/aromatic N) is 1. The third-order valence-corrected chi connectivity index (χ3v) is 6.39. The molecule has 1 heterocycles. The maximum atomic E-state index is 11.6. The van der Waals surface area contributed by atoms with Crippen LogP contribution in [-0.4, -0.2) is 12.3 Å². The summed E-state index contributed by atoms with van der Waals surface area (Å²) in [5, 5.41) is 1.54. The van der Waals surface area contributed by atoms with Crippen molar-refractivity contribution >= 4 is 40.4 Å². The van der Waals surface area contributed by atoms with Crippen LogP contribution in [-0.2, 0) is 10.2 Å². The molecule has 26 heavy (non-hydrogen) atoms. The lowest BCUT2D eigenvalue weighted by molar-refractivity contribution is -0.116. The third-order valence-electron chi connectivity index (χ3n) is 5.92. The Balaban J connectivity index is 1.94. The number of carbonyl (C=O) groups excluding carboxylic acids is 1. The molecule has 0 N–H and O–H groups in total. The molecular weight excluding hydrogens is 365 g/mol. The number of halogens is 2. The summed E-state index contributed by atoms with van der Waals surface area (Å²) in [6.45, 7) is 2.33. The van der Waals surface area contributed by atoms with Crippen LogP contribution in [0.5, 0.6) is 0 Å². The molecule has 1 aliphatic carbocycles. The molecule has 0 bridgehead atoms. The molecule has 0 radical (unpaired) electrons. The van der Waals surface area contributed by atoms with Crippen molar-refractivity contribution in [2.75, 3.05) is 11.4 Å². The molecule has 1 saturated carbocycles. The number of ketones is 1. The molecule has 2 aliphatic rings. The predicted octanol–water partition coefficient (Wildman–Crippen LogP) is 6.67. The molecule has 1 fully saturated rings. The van der Waals surface area contributed by atoms with Crippen molar-refractivity contribution in [2.45, 2.75) is 50.9 Å². The van der Waals surface area contributed by atoms with Gasteiger partial charge in [0.05, 0.1) is 0 Å². The zero-order valence-electron chi connectivity index (χ0n) is 15.0. The van der Waals surface area contributed by atoms with Crippen LogP contribution in [0, 0.1) is 0 Å². The van der Waals surface area contributed by atoms with E-state index >= 15 is 0 Å². The highest BCUT2D eigenvalue weighted by Crippen LogP contribution is 2.56. The summed E-state index contributed by atoms with van der Waals surface area (Å²) < 4.78 is 0. The average Bonchev–Trinajstić information content (AvgIpc) is 2.63. The fraction of sp³-hybridized carbons (Fsp3) is 0.409. The Bertz CT molecular complexity index is 800. The SMILES string of the molecule is CC(=O)CCN1c2ccc(Cl)cc2C2(CCCCC2)c2cc(Cl)ccc21. The zero-order chi connectivity index (χ0) is 18.3. The zero-order valence-corrected chi connectivity index (χ0v) is 16.5. The highest BCUT2D eigenvalue weighted by atomic mass is 35.5. The Hall–Kier alpha value is -1.51. The first-order chi connectivity index (χ1) is 12.5. The summed E-state index contributed by atoms with van der Waals surface area (Å²) in [7, 11) is 0. The number of rotatable bonds is 3. The van der Waals surface area contributed by atoms with Crippen LogP contribution in [0.2, 0.25) is 10.0 Å². The molecule has 136 valence electrons. The van der Waals surface area contributed by atoms with Gasteiger partial charge in [0.2, 0.25) is 0 Å². The van der Waals surface area contributed by atoms with Gasteiger partial charge in [0.15, 0.2) is 0 Å². The smallest absolute Gasteiger partial charge is 0.131 e. The molecule has 0 saturated heterocycles. The van der Waals surface area contributed by atoms with Crippen molar-refractivity contribution in [2.24, 2.45) is 0 Å². The van der Waals surface area contributed by atoms with E-state index in [1.165, 1.54) is 41.8 Å². The number of hydrogen-bond acceptors (Lipinski definition) is 2. The normalized spacial score (nSPS) is 17.7. The van der Waals surface area contributed by atoms with Gasteiger partial charge in [0, 0.05) is 39.8 Å². The second-order valence-corrected chi connectivity index (χ2v) is 8.44. The summed E-state index contributed by atoms with van der Waals surface area (Å²) in [5.74, 6) is 0.203. The predicted molar refractivity (Wildman–Crippen MR) is 109 cm³/mol. The van der Waals surface area contributed by atoms with E-state index in [1.807, 2.05) is 12.1 Å². The van der Waals surface area contributed by atoms with Gasteiger partial charge in [0.1, 0.15) is 5.78 Å². The minimum Gasteiger partial charge on any atom is -0.341 e. The Morgan fingerprint density at radius 2 is 1.50 bits per heavy atom. The van der Waals surface area contributed by atoms with Gasteiger partial charge in [-0.15, -0.1) is 0 Å². The average molecular weight is 388 g/mol. The van der Waals surface area contributed by atoms with Gasteiger partial charge in [-0.1, -0.05) is 42.5 Å². The number of anilines is 2. The number of carbonyl (C=O) groups is 1. The van der Waals surface area contributed by atoms with Crippen LogP contribution >= 0.6 is 23.2 Å². The second-order valence-electron chi connectivity index (χ2n) is 7.57. The minimum atomic E-state index is -0.0224. The first-order valence-corrected chi connectivity index (χ1v) is 10.1. The largest absolute Gasteiger partial charge is 0.341 e. The standard InChI is InChI=1S/C22H23Cl2NO/c1-15(26)9-12-25-20-7-5-16(23)13-18(20)22(10-3-2-4-11-22)19-14-17(24)6-8-21(19)25/h5-8,13-14H,2-4,9-12H2,1H3. The second kappa shape index (κ2) is 6.90. The number of benzene rings is 2. The van der Waals surface area contributed by atoms with E-state index < -0.39 is 0 Å². The summed E-state index contributed by atoms with van der Waals surface area (Å²) in [6.07, 6.45) is 6.47.